The summed E-state index contributed by atoms with van der Waals surface area (Å²) in [5, 5.41) is 12.1. The molecule has 4 N–H and O–H groups in total. The first-order valence-electron chi connectivity index (χ1n) is 4.63. The number of carbonyl (C=O) groups is 1. The normalized spacial score (nSPS) is 21.3. The molecule has 76 valence electrons. The lowest BCUT2D eigenvalue weighted by molar-refractivity contribution is -0.143. The molecule has 5 nitrogen and oxygen atoms in total. The Morgan fingerprint density at radius 3 is 2.62 bits per heavy atom. The van der Waals surface area contributed by atoms with Crippen molar-refractivity contribution in [2.24, 2.45) is 5.73 Å². The number of piperazine rings is 1. The van der Waals surface area contributed by atoms with Gasteiger partial charge in [-0.15, -0.1) is 0 Å². The Kier molecular flexibility index (Phi) is 4.14. The fraction of sp³-hybridized carbons (Fsp3) is 0.875. The van der Waals surface area contributed by atoms with Crippen LogP contribution >= 0.6 is 0 Å². The van der Waals surface area contributed by atoms with Gasteiger partial charge in [0, 0.05) is 26.2 Å². The third-order valence-electron chi connectivity index (χ3n) is 2.32. The van der Waals surface area contributed by atoms with Crippen LogP contribution < -0.4 is 11.1 Å². The highest BCUT2D eigenvalue weighted by Gasteiger charge is 2.25. The van der Waals surface area contributed by atoms with Gasteiger partial charge in [-0.05, 0) is 13.0 Å². The van der Waals surface area contributed by atoms with E-state index < -0.39 is 12.0 Å². The largest absolute Gasteiger partial charge is 0.480 e. The number of nitrogens with zero attached hydrogens (tertiary/aromatic N) is 1. The lowest BCUT2D eigenvalue weighted by Crippen LogP contribution is -2.51. The van der Waals surface area contributed by atoms with E-state index in [0.717, 1.165) is 26.2 Å². The minimum Gasteiger partial charge on any atom is -0.480 e. The smallest absolute Gasteiger partial charge is 0.320 e. The van der Waals surface area contributed by atoms with E-state index in [0.29, 0.717) is 13.0 Å². The first kappa shape index (κ1) is 10.4. The van der Waals surface area contributed by atoms with Crippen molar-refractivity contribution in [2.75, 3.05) is 32.7 Å². The van der Waals surface area contributed by atoms with Crippen molar-refractivity contribution < 1.29 is 9.90 Å². The number of carboxylic acids is 1. The third-order valence-corrected chi connectivity index (χ3v) is 2.32. The monoisotopic (exact) mass is 187 g/mol. The van der Waals surface area contributed by atoms with Crippen LogP contribution in [0, 0.1) is 0 Å². The number of hydrogen-bond donors (Lipinski definition) is 3. The summed E-state index contributed by atoms with van der Waals surface area (Å²) in [6, 6.07) is -0.396. The molecule has 1 heterocycles. The Labute approximate surface area is 77.9 Å². The number of hydrogen-bond acceptors (Lipinski definition) is 4. The molecule has 0 amide bonds. The lowest BCUT2D eigenvalue weighted by Gasteiger charge is -2.32. The van der Waals surface area contributed by atoms with Gasteiger partial charge in [0.05, 0.1) is 0 Å². The second-order valence-electron chi connectivity index (χ2n) is 3.22. The Balaban J connectivity index is 2.46. The number of nitrogens with one attached hydrogen (secondary N) is 1. The van der Waals surface area contributed by atoms with Gasteiger partial charge in [0.2, 0.25) is 0 Å². The standard InChI is InChI=1S/C8H17N3O2/c9-2-1-7(8(12)13)11-5-3-10-4-6-11/h7,10H,1-6,9H2,(H,12,13). The fourth-order valence-corrected chi connectivity index (χ4v) is 1.61. The predicted octanol–water partition coefficient (Wildman–Crippen LogP) is -1.31. The number of carboxylic acid groups (broad SMARTS) is 1. The van der Waals surface area contributed by atoms with Crippen LogP contribution in [0.2, 0.25) is 0 Å². The molecule has 0 radical (unpaired) electrons. The maximum absolute atomic E-state index is 10.9. The Morgan fingerprint density at radius 1 is 1.54 bits per heavy atom. The molecule has 1 aliphatic heterocycles. The SMILES string of the molecule is NCCC(C(=O)O)N1CCNCC1. The highest BCUT2D eigenvalue weighted by Crippen LogP contribution is 2.05. The van der Waals surface area contributed by atoms with Gasteiger partial charge in [-0.3, -0.25) is 9.69 Å². The van der Waals surface area contributed by atoms with Gasteiger partial charge in [-0.1, -0.05) is 0 Å². The summed E-state index contributed by atoms with van der Waals surface area (Å²) in [4.78, 5) is 12.8. The molecule has 1 saturated heterocycles. The minimum atomic E-state index is -0.757. The molecule has 5 heteroatoms. The molecule has 1 aliphatic rings. The molecule has 13 heavy (non-hydrogen) atoms. The molecule has 0 aliphatic carbocycles. The summed E-state index contributed by atoms with van der Waals surface area (Å²) in [7, 11) is 0. The van der Waals surface area contributed by atoms with Gasteiger partial charge < -0.3 is 16.2 Å². The summed E-state index contributed by atoms with van der Waals surface area (Å²) >= 11 is 0. The molecule has 1 rings (SSSR count). The summed E-state index contributed by atoms with van der Waals surface area (Å²) in [5.74, 6) is -0.757. The van der Waals surface area contributed by atoms with Crippen LogP contribution in [0.15, 0.2) is 0 Å². The van der Waals surface area contributed by atoms with Crippen molar-refractivity contribution in [3.8, 4) is 0 Å². The lowest BCUT2D eigenvalue weighted by atomic mass is 10.1. The van der Waals surface area contributed by atoms with Crippen LogP contribution in [-0.2, 0) is 4.79 Å². The van der Waals surface area contributed by atoms with Crippen LogP contribution in [0.4, 0.5) is 0 Å². The molecule has 0 saturated carbocycles. The maximum atomic E-state index is 10.9. The van der Waals surface area contributed by atoms with Gasteiger partial charge in [0.25, 0.3) is 0 Å². The third kappa shape index (κ3) is 2.95. The van der Waals surface area contributed by atoms with Gasteiger partial charge in [-0.2, -0.15) is 0 Å². The van der Waals surface area contributed by atoms with E-state index in [9.17, 15) is 4.79 Å². The van der Waals surface area contributed by atoms with E-state index in [1.807, 2.05) is 4.90 Å². The van der Waals surface area contributed by atoms with E-state index in [4.69, 9.17) is 10.8 Å². The zero-order chi connectivity index (χ0) is 9.68. The Hall–Kier alpha value is -0.650. The van der Waals surface area contributed by atoms with E-state index in [-0.39, 0.29) is 0 Å². The van der Waals surface area contributed by atoms with Crippen LogP contribution in [0.3, 0.4) is 0 Å². The molecule has 0 aromatic rings. The second kappa shape index (κ2) is 5.16. The Morgan fingerprint density at radius 2 is 2.15 bits per heavy atom. The van der Waals surface area contributed by atoms with E-state index in [1.54, 1.807) is 0 Å². The molecular weight excluding hydrogens is 170 g/mol. The van der Waals surface area contributed by atoms with Crippen LogP contribution in [-0.4, -0.2) is 54.7 Å². The molecular formula is C8H17N3O2. The first-order valence-corrected chi connectivity index (χ1v) is 4.63. The van der Waals surface area contributed by atoms with Crippen molar-refractivity contribution in [3.63, 3.8) is 0 Å². The molecule has 1 fully saturated rings. The van der Waals surface area contributed by atoms with Crippen molar-refractivity contribution >= 4 is 5.97 Å². The average Bonchev–Trinajstić information content (AvgIpc) is 2.15. The van der Waals surface area contributed by atoms with Gasteiger partial charge >= 0.3 is 5.97 Å². The molecule has 0 spiro atoms. The first-order chi connectivity index (χ1) is 6.25. The number of aliphatic carboxylic acids is 1. The predicted molar refractivity (Wildman–Crippen MR) is 49.5 cm³/mol. The average molecular weight is 187 g/mol. The molecule has 1 unspecified atom stereocenters. The highest BCUT2D eigenvalue weighted by molar-refractivity contribution is 5.73. The molecule has 1 atom stereocenters. The number of nitrogens with two attached hydrogens (primary N) is 1. The van der Waals surface area contributed by atoms with E-state index in [1.165, 1.54) is 0 Å². The highest BCUT2D eigenvalue weighted by atomic mass is 16.4. The van der Waals surface area contributed by atoms with Crippen molar-refractivity contribution in [2.45, 2.75) is 12.5 Å². The van der Waals surface area contributed by atoms with E-state index >= 15 is 0 Å². The van der Waals surface area contributed by atoms with Crippen molar-refractivity contribution in [1.29, 1.82) is 0 Å². The minimum absolute atomic E-state index is 0.396. The molecule has 0 aromatic heterocycles. The quantitative estimate of drug-likeness (QED) is 0.509. The van der Waals surface area contributed by atoms with Crippen LogP contribution in [0.1, 0.15) is 6.42 Å². The van der Waals surface area contributed by atoms with Crippen molar-refractivity contribution in [3.05, 3.63) is 0 Å². The zero-order valence-corrected chi connectivity index (χ0v) is 7.70. The maximum Gasteiger partial charge on any atom is 0.320 e. The fourth-order valence-electron chi connectivity index (χ4n) is 1.61. The van der Waals surface area contributed by atoms with E-state index in [2.05, 4.69) is 5.32 Å². The zero-order valence-electron chi connectivity index (χ0n) is 7.70. The summed E-state index contributed by atoms with van der Waals surface area (Å²) < 4.78 is 0. The molecule has 0 aromatic carbocycles. The molecule has 0 bridgehead atoms. The Bertz CT molecular complexity index is 169. The summed E-state index contributed by atoms with van der Waals surface area (Å²) in [5.41, 5.74) is 5.37. The van der Waals surface area contributed by atoms with Gasteiger partial charge in [0.15, 0.2) is 0 Å². The topological polar surface area (TPSA) is 78.6 Å². The van der Waals surface area contributed by atoms with Crippen molar-refractivity contribution in [1.82, 2.24) is 10.2 Å². The number of rotatable bonds is 4. The van der Waals surface area contributed by atoms with Gasteiger partial charge in [0.1, 0.15) is 6.04 Å². The second-order valence-corrected chi connectivity index (χ2v) is 3.22. The summed E-state index contributed by atoms with van der Waals surface area (Å²) in [6.45, 7) is 3.78. The summed E-state index contributed by atoms with van der Waals surface area (Å²) in [6.07, 6.45) is 0.537. The van der Waals surface area contributed by atoms with Gasteiger partial charge in [-0.25, -0.2) is 0 Å². The van der Waals surface area contributed by atoms with Crippen LogP contribution in [0.25, 0.3) is 0 Å². The van der Waals surface area contributed by atoms with Crippen LogP contribution in [0.5, 0.6) is 0 Å².